The molecule has 0 atom stereocenters. The van der Waals surface area contributed by atoms with E-state index < -0.39 is 11.5 Å². The highest BCUT2D eigenvalue weighted by Crippen LogP contribution is 2.41. The molecule has 0 radical (unpaired) electrons. The maximum Gasteiger partial charge on any atom is 0.331 e. The van der Waals surface area contributed by atoms with Crippen molar-refractivity contribution < 1.29 is 9.90 Å². The van der Waals surface area contributed by atoms with Crippen molar-refractivity contribution in [2.45, 2.75) is 31.7 Å². The van der Waals surface area contributed by atoms with Crippen LogP contribution in [0, 0.1) is 6.92 Å². The molecule has 0 unspecified atom stereocenters. The van der Waals surface area contributed by atoms with Gasteiger partial charge in [-0.15, -0.1) is 5.10 Å². The number of aliphatic carboxylic acids is 1. The first kappa shape index (κ1) is 13.1. The lowest BCUT2D eigenvalue weighted by molar-refractivity contribution is -0.153. The molecule has 2 aromatic rings. The van der Waals surface area contributed by atoms with Crippen LogP contribution in [-0.2, 0) is 10.3 Å². The topological polar surface area (TPSA) is 80.9 Å². The van der Waals surface area contributed by atoms with Crippen molar-refractivity contribution in [2.24, 2.45) is 0 Å². The summed E-state index contributed by atoms with van der Waals surface area (Å²) in [5.41, 5.74) is 0.683. The Bertz CT molecular complexity index is 659. The third-order valence-electron chi connectivity index (χ3n) is 3.75. The Morgan fingerprint density at radius 2 is 2.15 bits per heavy atom. The molecular formula is C13H13ClN4O2. The average molecular weight is 293 g/mol. The number of carbonyl (C=O) groups is 1. The van der Waals surface area contributed by atoms with Gasteiger partial charge >= 0.3 is 5.97 Å². The van der Waals surface area contributed by atoms with E-state index in [1.54, 1.807) is 6.07 Å². The maximum atomic E-state index is 11.6. The van der Waals surface area contributed by atoms with E-state index >= 15 is 0 Å². The molecule has 1 aliphatic carbocycles. The average Bonchev–Trinajstić information content (AvgIpc) is 2.74. The Morgan fingerprint density at radius 3 is 2.70 bits per heavy atom. The van der Waals surface area contributed by atoms with Gasteiger partial charge in [0, 0.05) is 10.6 Å². The minimum absolute atomic E-state index is 0.442. The van der Waals surface area contributed by atoms with Crippen LogP contribution in [0.4, 0.5) is 0 Å². The molecular weight excluding hydrogens is 280 g/mol. The molecule has 3 rings (SSSR count). The van der Waals surface area contributed by atoms with Crippen molar-refractivity contribution in [1.29, 1.82) is 0 Å². The number of aryl methyl sites for hydroxylation is 1. The molecule has 1 heterocycles. The van der Waals surface area contributed by atoms with Gasteiger partial charge in [0.1, 0.15) is 0 Å². The summed E-state index contributed by atoms with van der Waals surface area (Å²) in [6.07, 6.45) is 1.94. The van der Waals surface area contributed by atoms with E-state index in [0.29, 0.717) is 23.7 Å². The molecule has 1 aliphatic rings. The second kappa shape index (κ2) is 4.56. The van der Waals surface area contributed by atoms with Gasteiger partial charge in [0.25, 0.3) is 0 Å². The van der Waals surface area contributed by atoms with Crippen molar-refractivity contribution in [3.8, 4) is 11.4 Å². The highest BCUT2D eigenvalue weighted by Gasteiger charge is 2.49. The summed E-state index contributed by atoms with van der Waals surface area (Å²) in [5, 5.41) is 21.6. The second-order valence-electron chi connectivity index (χ2n) is 5.12. The zero-order valence-corrected chi connectivity index (χ0v) is 11.6. The van der Waals surface area contributed by atoms with Gasteiger partial charge in [-0.1, -0.05) is 11.6 Å². The SMILES string of the molecule is Cc1cc(Cl)cc(-c2nnnn2C2(C(=O)O)CCC2)c1. The molecule has 0 saturated heterocycles. The van der Waals surface area contributed by atoms with Crippen LogP contribution >= 0.6 is 11.6 Å². The van der Waals surface area contributed by atoms with Gasteiger partial charge in [-0.3, -0.25) is 0 Å². The summed E-state index contributed by atoms with van der Waals surface area (Å²) >= 11 is 6.05. The van der Waals surface area contributed by atoms with Gasteiger partial charge in [-0.2, -0.15) is 0 Å². The summed E-state index contributed by atoms with van der Waals surface area (Å²) in [6.45, 7) is 1.92. The fourth-order valence-corrected chi connectivity index (χ4v) is 2.84. The number of benzene rings is 1. The van der Waals surface area contributed by atoms with Gasteiger partial charge in [-0.05, 0) is 60.4 Å². The van der Waals surface area contributed by atoms with Gasteiger partial charge in [0.15, 0.2) is 11.4 Å². The monoisotopic (exact) mass is 292 g/mol. The first-order valence-electron chi connectivity index (χ1n) is 6.33. The van der Waals surface area contributed by atoms with Crippen LogP contribution in [-0.4, -0.2) is 31.3 Å². The van der Waals surface area contributed by atoms with E-state index in [4.69, 9.17) is 11.6 Å². The predicted octanol–water partition coefficient (Wildman–Crippen LogP) is 2.27. The third kappa shape index (κ3) is 1.87. The van der Waals surface area contributed by atoms with Crippen molar-refractivity contribution in [3.05, 3.63) is 28.8 Å². The largest absolute Gasteiger partial charge is 0.479 e. The number of tetrazole rings is 1. The Labute approximate surface area is 120 Å². The minimum atomic E-state index is -1.02. The van der Waals surface area contributed by atoms with Crippen LogP contribution in [0.15, 0.2) is 18.2 Å². The van der Waals surface area contributed by atoms with Gasteiger partial charge < -0.3 is 5.11 Å². The zero-order valence-electron chi connectivity index (χ0n) is 10.9. The van der Waals surface area contributed by atoms with E-state index in [2.05, 4.69) is 15.5 Å². The Morgan fingerprint density at radius 1 is 1.40 bits per heavy atom. The molecule has 0 spiro atoms. The Balaban J connectivity index is 2.13. The molecule has 104 valence electrons. The summed E-state index contributed by atoms with van der Waals surface area (Å²) in [7, 11) is 0. The van der Waals surface area contributed by atoms with E-state index in [9.17, 15) is 9.90 Å². The van der Waals surface area contributed by atoms with Crippen molar-refractivity contribution in [3.63, 3.8) is 0 Å². The van der Waals surface area contributed by atoms with Crippen LogP contribution in [0.3, 0.4) is 0 Å². The number of carboxylic acids is 1. The van der Waals surface area contributed by atoms with Crippen LogP contribution < -0.4 is 0 Å². The summed E-state index contributed by atoms with van der Waals surface area (Å²) in [4.78, 5) is 11.6. The fourth-order valence-electron chi connectivity index (χ4n) is 2.55. The number of nitrogens with zero attached hydrogens (tertiary/aromatic N) is 4. The quantitative estimate of drug-likeness (QED) is 0.938. The minimum Gasteiger partial charge on any atom is -0.479 e. The fraction of sp³-hybridized carbons (Fsp3) is 0.385. The van der Waals surface area contributed by atoms with E-state index in [1.165, 1.54) is 4.68 Å². The molecule has 1 aromatic heterocycles. The zero-order chi connectivity index (χ0) is 14.3. The van der Waals surface area contributed by atoms with Gasteiger partial charge in [0.05, 0.1) is 0 Å². The Hall–Kier alpha value is -1.95. The number of rotatable bonds is 3. The van der Waals surface area contributed by atoms with Crippen molar-refractivity contribution >= 4 is 17.6 Å². The van der Waals surface area contributed by atoms with Crippen LogP contribution in [0.25, 0.3) is 11.4 Å². The summed E-state index contributed by atoms with van der Waals surface area (Å²) in [6, 6.07) is 5.46. The van der Waals surface area contributed by atoms with Gasteiger partial charge in [-0.25, -0.2) is 9.48 Å². The van der Waals surface area contributed by atoms with Crippen LogP contribution in [0.5, 0.6) is 0 Å². The lowest BCUT2D eigenvalue weighted by Crippen LogP contribution is -2.48. The van der Waals surface area contributed by atoms with Crippen LogP contribution in [0.1, 0.15) is 24.8 Å². The molecule has 0 amide bonds. The number of hydrogen-bond acceptors (Lipinski definition) is 4. The van der Waals surface area contributed by atoms with E-state index in [-0.39, 0.29) is 0 Å². The molecule has 7 heteroatoms. The second-order valence-corrected chi connectivity index (χ2v) is 5.56. The maximum absolute atomic E-state index is 11.6. The van der Waals surface area contributed by atoms with Crippen molar-refractivity contribution in [1.82, 2.24) is 20.2 Å². The highest BCUT2D eigenvalue weighted by atomic mass is 35.5. The normalized spacial score (nSPS) is 16.7. The smallest absolute Gasteiger partial charge is 0.331 e. The molecule has 1 fully saturated rings. The first-order chi connectivity index (χ1) is 9.53. The lowest BCUT2D eigenvalue weighted by atomic mass is 9.76. The van der Waals surface area contributed by atoms with Crippen molar-refractivity contribution in [2.75, 3.05) is 0 Å². The lowest BCUT2D eigenvalue weighted by Gasteiger charge is -2.37. The number of aromatic nitrogens is 4. The standard InChI is InChI=1S/C13H13ClN4O2/c1-8-5-9(7-10(14)6-8)11-15-16-17-18(11)13(12(19)20)3-2-4-13/h5-7H,2-4H2,1H3,(H,19,20). The first-order valence-corrected chi connectivity index (χ1v) is 6.70. The molecule has 6 nitrogen and oxygen atoms in total. The van der Waals surface area contributed by atoms with E-state index in [1.807, 2.05) is 19.1 Å². The summed E-state index contributed by atoms with van der Waals surface area (Å²) in [5.74, 6) is -0.450. The van der Waals surface area contributed by atoms with E-state index in [0.717, 1.165) is 17.5 Å². The van der Waals surface area contributed by atoms with Gasteiger partial charge in [0.2, 0.25) is 0 Å². The third-order valence-corrected chi connectivity index (χ3v) is 3.97. The van der Waals surface area contributed by atoms with Crippen LogP contribution in [0.2, 0.25) is 5.02 Å². The molecule has 1 saturated carbocycles. The summed E-state index contributed by atoms with van der Waals surface area (Å²) < 4.78 is 1.42. The number of carboxylic acid groups (broad SMARTS) is 1. The molecule has 1 N–H and O–H groups in total. The molecule has 20 heavy (non-hydrogen) atoms. The Kier molecular flexibility index (Phi) is 2.97. The highest BCUT2D eigenvalue weighted by molar-refractivity contribution is 6.30. The number of halogens is 1. The molecule has 0 bridgehead atoms. The molecule has 0 aliphatic heterocycles. The number of hydrogen-bond donors (Lipinski definition) is 1. The predicted molar refractivity (Wildman–Crippen MR) is 72.5 cm³/mol. The molecule has 1 aromatic carbocycles.